The highest BCUT2D eigenvalue weighted by Gasteiger charge is 2.38. The molecule has 0 heterocycles. The maximum Gasteiger partial charge on any atom is 0.147 e. The topological polar surface area (TPSA) is 137 Å². The van der Waals surface area contributed by atoms with Crippen molar-refractivity contribution in [2.45, 2.75) is 0 Å². The fraction of sp³-hybridized carbons (Fsp3) is 0.143. The molecule has 4 atom stereocenters. The van der Waals surface area contributed by atoms with Crippen molar-refractivity contribution in [1.29, 1.82) is 0 Å². The lowest BCUT2D eigenvalue weighted by Crippen LogP contribution is -2.26. The number of rotatable bonds is 18. The molecular weight excluding hydrogens is 941 g/mol. The number of ether oxygens (including phenoxy) is 4. The summed E-state index contributed by atoms with van der Waals surface area (Å²) >= 11 is 0. The third-order valence-corrected chi connectivity index (χ3v) is 25.3. The van der Waals surface area contributed by atoms with Crippen LogP contribution in [0.25, 0.3) is 0 Å². The fourth-order valence-electron chi connectivity index (χ4n) is 8.51. The van der Waals surface area contributed by atoms with E-state index in [2.05, 4.69) is 0 Å². The van der Waals surface area contributed by atoms with Gasteiger partial charge in [0.15, 0.2) is 0 Å². The minimum Gasteiger partial charge on any atom is -0.496 e. The van der Waals surface area contributed by atoms with Crippen LogP contribution >= 0.6 is 28.6 Å². The average Bonchev–Trinajstić information content (AvgIpc) is 3.42. The Bertz CT molecular complexity index is 2680. The van der Waals surface area contributed by atoms with E-state index in [-0.39, 0.29) is 30.1 Å². The van der Waals surface area contributed by atoms with E-state index in [1.54, 1.807) is 28.4 Å². The molecule has 0 saturated heterocycles. The number of hydrogen-bond acceptors (Lipinski definition) is 8. The first-order valence-corrected chi connectivity index (χ1v) is 29.8. The van der Waals surface area contributed by atoms with Gasteiger partial charge in [0, 0.05) is 45.9 Å². The molecule has 8 aromatic rings. The summed E-state index contributed by atoms with van der Waals surface area (Å²) in [5, 5.41) is 5.45. The van der Waals surface area contributed by atoms with Crippen LogP contribution in [0.2, 0.25) is 0 Å². The molecule has 8 aromatic carbocycles. The third-order valence-electron chi connectivity index (χ3n) is 12.0. The molecule has 2 N–H and O–H groups in total. The minimum atomic E-state index is -3.18. The quantitative estimate of drug-likeness (QED) is 0.0777. The Hall–Kier alpha value is -6.16. The normalized spacial score (nSPS) is 14.3. The Balaban J connectivity index is 0.000000224. The highest BCUT2D eigenvalue weighted by molar-refractivity contribution is 7.83. The predicted molar refractivity (Wildman–Crippen MR) is 288 cm³/mol. The molecule has 0 spiro atoms. The first kappa shape index (κ1) is 52.2. The van der Waals surface area contributed by atoms with Gasteiger partial charge in [0.25, 0.3) is 0 Å². The lowest BCUT2D eigenvalue weighted by molar-refractivity contribution is 0.417. The first-order valence-electron chi connectivity index (χ1n) is 22.2. The molecule has 0 unspecified atom stereocenters. The van der Waals surface area contributed by atoms with E-state index in [4.69, 9.17) is 18.9 Å². The Kier molecular flexibility index (Phi) is 18.1. The van der Waals surface area contributed by atoms with Crippen LogP contribution in [-0.4, -0.2) is 58.6 Å². The lowest BCUT2D eigenvalue weighted by Gasteiger charge is -2.26. The van der Waals surface area contributed by atoms with Crippen LogP contribution in [0, 0.1) is 0 Å². The molecule has 0 bridgehead atoms. The molecular formula is C56H58O9P4. The molecule has 0 aliphatic heterocycles. The molecule has 0 aliphatic carbocycles. The maximum atomic E-state index is 14.8. The fourth-order valence-corrected chi connectivity index (χ4v) is 22.1. The lowest BCUT2D eigenvalue weighted by atomic mass is 10.3. The largest absolute Gasteiger partial charge is 0.496 e. The maximum absolute atomic E-state index is 14.8. The summed E-state index contributed by atoms with van der Waals surface area (Å²) in [7, 11) is -6.38. The zero-order valence-corrected chi connectivity index (χ0v) is 42.7. The van der Waals surface area contributed by atoms with Crippen LogP contribution in [-0.2, 0) is 18.3 Å². The van der Waals surface area contributed by atoms with Crippen LogP contribution in [0.5, 0.6) is 23.0 Å². The van der Waals surface area contributed by atoms with E-state index in [1.807, 2.05) is 218 Å². The minimum absolute atomic E-state index is 0. The van der Waals surface area contributed by atoms with E-state index in [1.165, 1.54) is 0 Å². The van der Waals surface area contributed by atoms with Crippen molar-refractivity contribution in [3.63, 3.8) is 0 Å². The summed E-state index contributed by atoms with van der Waals surface area (Å²) in [6, 6.07) is 67.3. The predicted octanol–water partition coefficient (Wildman–Crippen LogP) is 9.24. The summed E-state index contributed by atoms with van der Waals surface area (Å²) in [4.78, 5) is 0. The average molecular weight is 999 g/mol. The summed E-state index contributed by atoms with van der Waals surface area (Å²) in [6.45, 7) is 0. The number of benzene rings is 8. The van der Waals surface area contributed by atoms with Crippen molar-refractivity contribution < 1.29 is 42.7 Å². The van der Waals surface area contributed by atoms with Gasteiger partial charge in [0.2, 0.25) is 0 Å². The Morgan fingerprint density at radius 1 is 0.261 bits per heavy atom. The van der Waals surface area contributed by atoms with Crippen molar-refractivity contribution in [3.05, 3.63) is 218 Å². The van der Waals surface area contributed by atoms with Crippen molar-refractivity contribution in [3.8, 4) is 23.0 Å². The van der Waals surface area contributed by atoms with Crippen LogP contribution in [0.4, 0.5) is 0 Å². The molecule has 8 rings (SSSR count). The molecule has 0 aliphatic rings. The van der Waals surface area contributed by atoms with E-state index >= 15 is 0 Å². The van der Waals surface area contributed by atoms with Gasteiger partial charge in [-0.2, -0.15) is 0 Å². The van der Waals surface area contributed by atoms with E-state index in [0.29, 0.717) is 44.2 Å². The van der Waals surface area contributed by atoms with E-state index < -0.39 is 28.6 Å². The van der Waals surface area contributed by atoms with Crippen molar-refractivity contribution >= 4 is 71.0 Å². The van der Waals surface area contributed by atoms with Crippen molar-refractivity contribution in [2.75, 3.05) is 53.1 Å². The Labute approximate surface area is 406 Å². The van der Waals surface area contributed by atoms with Gasteiger partial charge in [0.1, 0.15) is 51.6 Å². The van der Waals surface area contributed by atoms with Crippen molar-refractivity contribution in [1.82, 2.24) is 0 Å². The summed E-state index contributed by atoms with van der Waals surface area (Å²) in [5.41, 5.74) is 0. The van der Waals surface area contributed by atoms with Gasteiger partial charge in [-0.25, -0.2) is 0 Å². The Morgan fingerprint density at radius 2 is 0.420 bits per heavy atom. The number of para-hydroxylation sites is 4. The zero-order chi connectivity index (χ0) is 48.0. The van der Waals surface area contributed by atoms with Gasteiger partial charge < -0.3 is 42.7 Å². The second-order valence-electron chi connectivity index (χ2n) is 15.9. The van der Waals surface area contributed by atoms with Gasteiger partial charge in [-0.15, -0.1) is 0 Å². The van der Waals surface area contributed by atoms with Gasteiger partial charge in [-0.05, 0) is 48.5 Å². The molecule has 9 nitrogen and oxygen atoms in total. The monoisotopic (exact) mass is 998 g/mol. The van der Waals surface area contributed by atoms with Crippen molar-refractivity contribution in [2.24, 2.45) is 0 Å². The standard InChI is InChI=1S/2C28H28O4P2.H2O/c2*1-31-25-17-9-11-19-27(25)33(29,23-13-5-3-6-14-23)21-22-34(30,24-15-7-4-8-16-24)28-20-12-10-18-26(28)32-2;/h2*3-20H,21-22H2,1-2H3;1H2/t2*33-,34-;/m11./s1. The molecule has 0 radical (unpaired) electrons. The van der Waals surface area contributed by atoms with E-state index in [9.17, 15) is 18.3 Å². The first-order chi connectivity index (χ1) is 33.1. The molecule has 69 heavy (non-hydrogen) atoms. The number of methoxy groups -OCH3 is 4. The smallest absolute Gasteiger partial charge is 0.147 e. The molecule has 0 saturated carbocycles. The van der Waals surface area contributed by atoms with Crippen LogP contribution in [0.3, 0.4) is 0 Å². The second kappa shape index (κ2) is 23.9. The highest BCUT2D eigenvalue weighted by Crippen LogP contribution is 2.55. The molecule has 0 fully saturated rings. The van der Waals surface area contributed by atoms with Gasteiger partial charge in [-0.3, -0.25) is 0 Å². The molecule has 0 amide bonds. The third kappa shape index (κ3) is 11.3. The summed E-state index contributed by atoms with van der Waals surface area (Å²) in [6.07, 6.45) is 0.895. The van der Waals surface area contributed by atoms with Gasteiger partial charge in [-0.1, -0.05) is 170 Å². The number of hydrogen-bond donors (Lipinski definition) is 0. The van der Waals surface area contributed by atoms with Crippen LogP contribution in [0.1, 0.15) is 0 Å². The molecule has 356 valence electrons. The van der Waals surface area contributed by atoms with Crippen LogP contribution in [0.15, 0.2) is 218 Å². The highest BCUT2D eigenvalue weighted by atomic mass is 31.2. The summed E-state index contributed by atoms with van der Waals surface area (Å²) < 4.78 is 81.7. The molecule has 13 heteroatoms. The summed E-state index contributed by atoms with van der Waals surface area (Å²) in [5.74, 6) is 2.28. The zero-order valence-electron chi connectivity index (χ0n) is 39.2. The van der Waals surface area contributed by atoms with Gasteiger partial charge in [0.05, 0.1) is 49.7 Å². The van der Waals surface area contributed by atoms with Gasteiger partial charge >= 0.3 is 0 Å². The Morgan fingerprint density at radius 3 is 0.594 bits per heavy atom. The molecule has 0 aromatic heterocycles. The van der Waals surface area contributed by atoms with Crippen LogP contribution < -0.4 is 61.4 Å². The second-order valence-corrected chi connectivity index (χ2v) is 27.6. The van der Waals surface area contributed by atoms with E-state index in [0.717, 1.165) is 21.2 Å². The SMILES string of the molecule is COc1ccccc1[P@@](=O)(CC[P@@](=O)(c1ccccc1)c1ccccc1OC)c1ccccc1.COc1ccccc1[P@@](=O)(CC[P@@](=O)(c1ccccc1)c1ccccc1OC)c1ccccc1.O.